The van der Waals surface area contributed by atoms with Gasteiger partial charge in [0, 0.05) is 23.9 Å². The molecule has 0 aliphatic heterocycles. The first-order chi connectivity index (χ1) is 14.0. The predicted octanol–water partition coefficient (Wildman–Crippen LogP) is 5.20. The van der Waals surface area contributed by atoms with Gasteiger partial charge in [-0.1, -0.05) is 38.5 Å². The average molecular weight is 419 g/mol. The molecule has 6 nitrogen and oxygen atoms in total. The molecule has 0 saturated heterocycles. The standard InChI is InChI=1S/C19H18N2O4S.C3H8.2H2/c1-24-15-8-7-12(9-16(15)25-2)19(23)20-10-18(22)21-14-11-26-17-6-4-3-5-13(14)17;1-3-2;;/h3-9,11H,10H2,1-2H3,(H,20,23)(H,21,22);3H2,1-2H3;2*1H. The van der Waals surface area contributed by atoms with Gasteiger partial charge in [0.05, 0.1) is 26.5 Å². The van der Waals surface area contributed by atoms with Crippen LogP contribution in [0.2, 0.25) is 0 Å². The number of methoxy groups -OCH3 is 2. The molecule has 0 bridgehead atoms. The zero-order valence-electron chi connectivity index (χ0n) is 17.1. The van der Waals surface area contributed by atoms with Gasteiger partial charge in [0.2, 0.25) is 5.91 Å². The van der Waals surface area contributed by atoms with Gasteiger partial charge in [-0.25, -0.2) is 0 Å². The molecule has 0 spiro atoms. The Morgan fingerprint density at radius 3 is 2.41 bits per heavy atom. The molecule has 2 aromatic carbocycles. The molecular formula is C22H30N2O4S. The second kappa shape index (κ2) is 11.1. The van der Waals surface area contributed by atoms with Crippen LogP contribution in [0.3, 0.4) is 0 Å². The van der Waals surface area contributed by atoms with Crippen molar-refractivity contribution < 1.29 is 21.9 Å². The summed E-state index contributed by atoms with van der Waals surface area (Å²) in [5.41, 5.74) is 1.13. The van der Waals surface area contributed by atoms with Crippen molar-refractivity contribution in [1.29, 1.82) is 0 Å². The number of rotatable bonds is 6. The number of carbonyl (C=O) groups is 2. The van der Waals surface area contributed by atoms with Crippen LogP contribution in [0.25, 0.3) is 10.1 Å². The fourth-order valence-electron chi connectivity index (χ4n) is 2.51. The molecule has 2 N–H and O–H groups in total. The van der Waals surface area contributed by atoms with Crippen molar-refractivity contribution >= 4 is 38.9 Å². The van der Waals surface area contributed by atoms with Crippen molar-refractivity contribution in [2.75, 3.05) is 26.1 Å². The molecule has 3 rings (SSSR count). The monoisotopic (exact) mass is 418 g/mol. The summed E-state index contributed by atoms with van der Waals surface area (Å²) in [5, 5.41) is 8.30. The first kappa shape index (κ1) is 22.2. The van der Waals surface area contributed by atoms with E-state index in [1.54, 1.807) is 29.5 Å². The maximum absolute atomic E-state index is 12.2. The molecule has 2 amide bonds. The fraction of sp³-hybridized carbons (Fsp3) is 0.273. The van der Waals surface area contributed by atoms with Gasteiger partial charge >= 0.3 is 0 Å². The van der Waals surface area contributed by atoms with E-state index >= 15 is 0 Å². The van der Waals surface area contributed by atoms with Gasteiger partial charge in [-0.2, -0.15) is 0 Å². The summed E-state index contributed by atoms with van der Waals surface area (Å²) < 4.78 is 11.4. The van der Waals surface area contributed by atoms with Crippen LogP contribution in [0.5, 0.6) is 11.5 Å². The van der Waals surface area contributed by atoms with Crippen LogP contribution in [0.15, 0.2) is 47.8 Å². The van der Waals surface area contributed by atoms with E-state index in [2.05, 4.69) is 24.5 Å². The maximum atomic E-state index is 12.2. The summed E-state index contributed by atoms with van der Waals surface area (Å²) >= 11 is 1.56. The van der Waals surface area contributed by atoms with E-state index in [-0.39, 0.29) is 21.2 Å². The number of benzene rings is 2. The maximum Gasteiger partial charge on any atom is 0.251 e. The van der Waals surface area contributed by atoms with E-state index < -0.39 is 0 Å². The summed E-state index contributed by atoms with van der Waals surface area (Å²) in [6.07, 6.45) is 1.25. The number of fused-ring (bicyclic) bond motifs is 1. The average Bonchev–Trinajstić information content (AvgIpc) is 3.15. The van der Waals surface area contributed by atoms with Gasteiger partial charge < -0.3 is 20.1 Å². The number of ether oxygens (including phenoxy) is 2. The van der Waals surface area contributed by atoms with Crippen molar-refractivity contribution in [3.8, 4) is 11.5 Å². The molecule has 29 heavy (non-hydrogen) atoms. The van der Waals surface area contributed by atoms with Crippen LogP contribution in [0, 0.1) is 0 Å². The van der Waals surface area contributed by atoms with Crippen molar-refractivity contribution in [2.24, 2.45) is 0 Å². The van der Waals surface area contributed by atoms with Crippen molar-refractivity contribution in [1.82, 2.24) is 5.32 Å². The third kappa shape index (κ3) is 5.96. The number of hydrogen-bond acceptors (Lipinski definition) is 5. The Labute approximate surface area is 177 Å². The molecule has 0 aliphatic rings. The highest BCUT2D eigenvalue weighted by Gasteiger charge is 2.13. The zero-order chi connectivity index (χ0) is 21.2. The van der Waals surface area contributed by atoms with Crippen LogP contribution in [0.4, 0.5) is 5.69 Å². The van der Waals surface area contributed by atoms with Gasteiger partial charge in [-0.05, 0) is 24.3 Å². The van der Waals surface area contributed by atoms with E-state index in [1.807, 2.05) is 29.6 Å². The van der Waals surface area contributed by atoms with Crippen LogP contribution in [-0.2, 0) is 4.79 Å². The van der Waals surface area contributed by atoms with Crippen LogP contribution in [-0.4, -0.2) is 32.6 Å². The fourth-order valence-corrected chi connectivity index (χ4v) is 3.40. The number of amides is 2. The third-order valence-electron chi connectivity index (χ3n) is 3.81. The summed E-state index contributed by atoms with van der Waals surface area (Å²) in [6.45, 7) is 4.12. The molecule has 7 heteroatoms. The third-order valence-corrected chi connectivity index (χ3v) is 4.77. The lowest BCUT2D eigenvalue weighted by molar-refractivity contribution is -0.115. The molecule has 0 saturated carbocycles. The molecule has 158 valence electrons. The lowest BCUT2D eigenvalue weighted by atomic mass is 10.2. The highest BCUT2D eigenvalue weighted by atomic mass is 32.1. The first-order valence-electron chi connectivity index (χ1n) is 9.30. The minimum absolute atomic E-state index is 0. The molecular weight excluding hydrogens is 388 g/mol. The largest absolute Gasteiger partial charge is 0.493 e. The van der Waals surface area contributed by atoms with Gasteiger partial charge in [0.15, 0.2) is 11.5 Å². The summed E-state index contributed by atoms with van der Waals surface area (Å²) in [5.74, 6) is 0.333. The molecule has 1 heterocycles. The lowest BCUT2D eigenvalue weighted by Gasteiger charge is -2.10. The predicted molar refractivity (Wildman–Crippen MR) is 123 cm³/mol. The summed E-state index contributed by atoms with van der Waals surface area (Å²) in [6, 6.07) is 12.6. The molecule has 1 aromatic heterocycles. The highest BCUT2D eigenvalue weighted by molar-refractivity contribution is 7.17. The second-order valence-electron chi connectivity index (χ2n) is 6.15. The Balaban J connectivity index is 0.00000170. The van der Waals surface area contributed by atoms with Gasteiger partial charge in [0.1, 0.15) is 0 Å². The van der Waals surface area contributed by atoms with Crippen molar-refractivity contribution in [3.05, 3.63) is 53.4 Å². The number of hydrogen-bond donors (Lipinski definition) is 2. The number of thiophene rings is 1. The zero-order valence-corrected chi connectivity index (χ0v) is 17.9. The topological polar surface area (TPSA) is 76.7 Å². The Bertz CT molecular complexity index is 979. The summed E-state index contributed by atoms with van der Waals surface area (Å²) in [7, 11) is 3.02. The Hall–Kier alpha value is -3.06. The summed E-state index contributed by atoms with van der Waals surface area (Å²) in [4.78, 5) is 24.4. The van der Waals surface area contributed by atoms with E-state index in [4.69, 9.17) is 9.47 Å². The molecule has 0 fully saturated rings. The highest BCUT2D eigenvalue weighted by Crippen LogP contribution is 2.30. The first-order valence-corrected chi connectivity index (χ1v) is 10.2. The number of carbonyl (C=O) groups excluding carboxylic acids is 2. The van der Waals surface area contributed by atoms with Crippen LogP contribution in [0.1, 0.15) is 33.5 Å². The normalized spacial score (nSPS) is 9.93. The number of anilines is 1. The molecule has 0 unspecified atom stereocenters. The van der Waals surface area contributed by atoms with E-state index in [9.17, 15) is 9.59 Å². The lowest BCUT2D eigenvalue weighted by Crippen LogP contribution is -2.32. The Morgan fingerprint density at radius 1 is 1.03 bits per heavy atom. The molecule has 0 aliphatic carbocycles. The smallest absolute Gasteiger partial charge is 0.251 e. The SMILES string of the molecule is CCC.COc1ccc(C(=O)NCC(=O)Nc2csc3ccccc23)cc1OC.[HH].[HH]. The quantitative estimate of drug-likeness (QED) is 0.577. The van der Waals surface area contributed by atoms with E-state index in [1.165, 1.54) is 20.6 Å². The molecule has 0 radical (unpaired) electrons. The van der Waals surface area contributed by atoms with Crippen molar-refractivity contribution in [2.45, 2.75) is 20.3 Å². The second-order valence-corrected chi connectivity index (χ2v) is 7.06. The van der Waals surface area contributed by atoms with Crippen LogP contribution >= 0.6 is 11.3 Å². The van der Waals surface area contributed by atoms with Gasteiger partial charge in [-0.3, -0.25) is 9.59 Å². The van der Waals surface area contributed by atoms with Gasteiger partial charge in [0.25, 0.3) is 5.91 Å². The van der Waals surface area contributed by atoms with E-state index in [0.29, 0.717) is 17.1 Å². The van der Waals surface area contributed by atoms with Crippen molar-refractivity contribution in [3.63, 3.8) is 0 Å². The minimum Gasteiger partial charge on any atom is -0.493 e. The number of nitrogens with one attached hydrogen (secondary N) is 2. The molecule has 3 aromatic rings. The van der Waals surface area contributed by atoms with Crippen LogP contribution < -0.4 is 20.1 Å². The Kier molecular flexibility index (Phi) is 8.48. The molecule has 0 atom stereocenters. The Morgan fingerprint density at radius 2 is 1.72 bits per heavy atom. The van der Waals surface area contributed by atoms with E-state index in [0.717, 1.165) is 15.8 Å². The minimum atomic E-state index is -0.365. The van der Waals surface area contributed by atoms with Gasteiger partial charge in [-0.15, -0.1) is 11.3 Å².